The van der Waals surface area contributed by atoms with E-state index < -0.39 is 347 Å². The Morgan fingerprint density at radius 3 is 0.689 bits per heavy atom. The van der Waals surface area contributed by atoms with Crippen LogP contribution in [-0.2, 0) is 9.47 Å². The minimum Gasteiger partial charge on any atom is -0.504 e. The molecule has 0 spiro atoms. The second-order valence-corrected chi connectivity index (χ2v) is 25.7. The number of phenols is 25. The summed E-state index contributed by atoms with van der Waals surface area (Å²) in [6.07, 6.45) is -6.51. The molecule has 122 heavy (non-hydrogen) atoms. The summed E-state index contributed by atoms with van der Waals surface area (Å²) in [6, 6.07) is 4.78. The van der Waals surface area contributed by atoms with Crippen LogP contribution in [0.4, 0.5) is 0 Å². The molecule has 11 rings (SSSR count). The molecular formula is C76H52O46. The van der Waals surface area contributed by atoms with E-state index in [-0.39, 0.29) is 24.3 Å². The molecule has 46 nitrogen and oxygen atoms in total. The van der Waals surface area contributed by atoms with Gasteiger partial charge in [-0.25, -0.2) is 47.9 Å². The summed E-state index contributed by atoms with van der Waals surface area (Å²) >= 11 is 0. The molecule has 0 amide bonds. The Labute approximate surface area is 670 Å². The summed E-state index contributed by atoms with van der Waals surface area (Å²) in [7, 11) is 0. The lowest BCUT2D eigenvalue weighted by molar-refractivity contribution is -0.111. The van der Waals surface area contributed by atoms with Gasteiger partial charge in [0.2, 0.25) is 28.7 Å². The number of hydrogen-bond acceptors (Lipinski definition) is 42. The van der Waals surface area contributed by atoms with Crippen LogP contribution in [0.25, 0.3) is 0 Å². The first kappa shape index (κ1) is 84.8. The maximum atomic E-state index is 14.9. The Balaban J connectivity index is 1.27. The number of rotatable bonds is 21. The molecule has 1 aliphatic heterocycles. The fourth-order valence-corrected chi connectivity index (χ4v) is 12.8. The normalized spacial score (nSPS) is 14.8. The fraction of sp³-hybridized carbons (Fsp3) is 0.0789. The molecular weight excluding hydrogens is 1650 g/mol. The Hall–Kier alpha value is -18.1. The third kappa shape index (κ3) is 15.5. The molecule has 0 unspecified atom stereocenters. The zero-order valence-electron chi connectivity index (χ0n) is 59.7. The summed E-state index contributed by atoms with van der Waals surface area (Å²) in [4.78, 5) is 141. The van der Waals surface area contributed by atoms with E-state index in [1.807, 2.05) is 0 Å². The quantitative estimate of drug-likeness (QED) is 0.0227. The summed E-state index contributed by atoms with van der Waals surface area (Å²) in [6.45, 7) is -2.00. The van der Waals surface area contributed by atoms with Gasteiger partial charge in [0, 0.05) is 40.0 Å². The van der Waals surface area contributed by atoms with E-state index in [1.54, 1.807) is 0 Å². The molecule has 1 fully saturated rings. The molecule has 1 heterocycles. The largest absolute Gasteiger partial charge is 0.504 e. The summed E-state index contributed by atoms with van der Waals surface area (Å²) in [5, 5.41) is 321. The average Bonchev–Trinajstić information content (AvgIpc) is 0.704. The molecule has 1 saturated heterocycles. The predicted octanol–water partition coefficient (Wildman–Crippen LogP) is 5.86. The number of phenolic OH excluding ortho intramolecular Hbond substituents is 25. The lowest BCUT2D eigenvalue weighted by Crippen LogP contribution is -2.44. The van der Waals surface area contributed by atoms with E-state index in [0.29, 0.717) is 72.8 Å². The number of hydrogen-bond donors (Lipinski definition) is 29. The van der Waals surface area contributed by atoms with Crippen molar-refractivity contribution in [2.75, 3.05) is 6.61 Å². The Kier molecular flexibility index (Phi) is 22.2. The van der Waals surface area contributed by atoms with Crippen LogP contribution in [0, 0.1) is 0 Å². The first-order valence-corrected chi connectivity index (χ1v) is 33.2. The van der Waals surface area contributed by atoms with Crippen molar-refractivity contribution in [1.82, 2.24) is 0 Å². The van der Waals surface area contributed by atoms with Crippen LogP contribution < -0.4 is 23.7 Å². The molecule has 0 aromatic heterocycles. The number of aromatic hydroxyl groups is 25. The standard InChI is InChI=1S/C76H52O46/c77-28-1-18(2-29(78)52(28)88)72(111)118-39-12-23(11-38(87)57(39)93)71(110)116-17-44-49(45-24(67(102)103)13-40(58(94)62(45)98)119-73(112)19-3-30(79)53(89)31(80)4-19)50(46-25(68(104)105)14-41(59(95)63(46)99)120-74(113)20-5-32(81)54(90)33(82)6-20)51(47-26(69(106)107)15-42(60(96)64(47)100)121-75(114)21-7-34(83)55(91)35(84)8-21)66(117-44)48-27(70(108)109)16-43(61(97)65(48)101)122-76(115)22-9-36(85)56(92)37(86)10-22/h1-16,44,49-51,66,77-101H,17H2,(H,102,103)(H,104,105)(H,106,107)(H,108,109)/t44-,49-,50+,51-,66-/m0/s1. The molecule has 46 heteroatoms. The van der Waals surface area contributed by atoms with Gasteiger partial charge in [-0.1, -0.05) is 0 Å². The number of ether oxygens (including phenoxy) is 7. The van der Waals surface area contributed by atoms with Gasteiger partial charge in [0.15, 0.2) is 144 Å². The van der Waals surface area contributed by atoms with Crippen molar-refractivity contribution in [3.8, 4) is 172 Å². The highest BCUT2D eigenvalue weighted by molar-refractivity contribution is 6.01. The molecule has 0 radical (unpaired) electrons. The van der Waals surface area contributed by atoms with Crippen LogP contribution in [0.5, 0.6) is 172 Å². The van der Waals surface area contributed by atoms with Crippen molar-refractivity contribution in [3.05, 3.63) is 175 Å². The number of carboxylic acid groups (broad SMARTS) is 4. The summed E-state index contributed by atoms with van der Waals surface area (Å²) in [5.74, 6) is -77.4. The highest BCUT2D eigenvalue weighted by atomic mass is 16.6. The number of carbonyl (C=O) groups is 10. The van der Waals surface area contributed by atoms with Gasteiger partial charge in [0.1, 0.15) is 12.7 Å². The van der Waals surface area contributed by atoms with Crippen molar-refractivity contribution in [3.63, 3.8) is 0 Å². The Morgan fingerprint density at radius 2 is 0.434 bits per heavy atom. The lowest BCUT2D eigenvalue weighted by atomic mass is 9.62. The van der Waals surface area contributed by atoms with Crippen LogP contribution in [0.2, 0.25) is 0 Å². The third-order valence-electron chi connectivity index (χ3n) is 18.4. The van der Waals surface area contributed by atoms with E-state index in [1.165, 1.54) is 0 Å². The van der Waals surface area contributed by atoms with Crippen molar-refractivity contribution in [1.29, 1.82) is 0 Å². The van der Waals surface area contributed by atoms with E-state index in [9.17, 15) is 196 Å². The zero-order valence-corrected chi connectivity index (χ0v) is 59.7. The highest BCUT2D eigenvalue weighted by Crippen LogP contribution is 2.67. The van der Waals surface area contributed by atoms with Crippen molar-refractivity contribution in [2.45, 2.75) is 30.0 Å². The van der Waals surface area contributed by atoms with Gasteiger partial charge in [-0.2, -0.15) is 0 Å². The lowest BCUT2D eigenvalue weighted by Gasteiger charge is -2.49. The Bertz CT molecular complexity index is 6120. The smallest absolute Gasteiger partial charge is 0.343 e. The summed E-state index contributed by atoms with van der Waals surface area (Å²) < 4.78 is 37.9. The zero-order chi connectivity index (χ0) is 90.0. The molecule has 632 valence electrons. The number of carboxylic acids is 4. The van der Waals surface area contributed by atoms with E-state index >= 15 is 0 Å². The second-order valence-electron chi connectivity index (χ2n) is 25.7. The third-order valence-corrected chi connectivity index (χ3v) is 18.4. The number of benzene rings is 10. The molecule has 10 aromatic rings. The average molecular weight is 1700 g/mol. The molecule has 0 bridgehead atoms. The van der Waals surface area contributed by atoms with Gasteiger partial charge in [-0.3, -0.25) is 0 Å². The SMILES string of the molecule is O=C(OC[C@@H]1O[C@@H](c2c(C(=O)O)cc(OC(=O)c3cc(O)c(O)c(O)c3)c(O)c2O)[C@@H](c2c(C(=O)O)cc(OC(=O)c3cc(O)c(O)c(O)c3)c(O)c2O)[C@H](c2c(C(=O)O)cc(OC(=O)c3cc(O)c(O)c(O)c3)c(O)c2O)[C@@H]1c1c(C(=O)O)cc(OC(=O)c2cc(O)c(O)c(O)c2)c(O)c1O)c1cc(O)c(O)c(OC(=O)c2cc(O)c(O)c(O)c2)c1. The fourth-order valence-electron chi connectivity index (χ4n) is 12.8. The van der Waals surface area contributed by atoms with Gasteiger partial charge in [0.25, 0.3) is 0 Å². The van der Waals surface area contributed by atoms with Crippen molar-refractivity contribution >= 4 is 59.7 Å². The van der Waals surface area contributed by atoms with Gasteiger partial charge < -0.3 is 181 Å². The highest BCUT2D eigenvalue weighted by Gasteiger charge is 2.57. The number of carbonyl (C=O) groups excluding carboxylic acids is 6. The first-order chi connectivity index (χ1) is 57.1. The first-order valence-electron chi connectivity index (χ1n) is 33.2. The van der Waals surface area contributed by atoms with Crippen molar-refractivity contribution in [2.24, 2.45) is 0 Å². The minimum absolute atomic E-state index is 0.00364. The van der Waals surface area contributed by atoms with Gasteiger partial charge in [-0.05, 0) is 97.1 Å². The van der Waals surface area contributed by atoms with E-state index in [0.717, 1.165) is 0 Å². The van der Waals surface area contributed by atoms with Gasteiger partial charge >= 0.3 is 59.7 Å². The van der Waals surface area contributed by atoms with Gasteiger partial charge in [0.05, 0.1) is 61.7 Å². The van der Waals surface area contributed by atoms with Crippen molar-refractivity contribution < 1.29 is 229 Å². The number of aromatic carboxylic acids is 4. The van der Waals surface area contributed by atoms with Crippen LogP contribution >= 0.6 is 0 Å². The van der Waals surface area contributed by atoms with Crippen LogP contribution in [0.1, 0.15) is 150 Å². The van der Waals surface area contributed by atoms with Crippen LogP contribution in [0.3, 0.4) is 0 Å². The minimum atomic E-state index is -3.42. The molecule has 0 aliphatic carbocycles. The van der Waals surface area contributed by atoms with Crippen LogP contribution in [-0.4, -0.2) is 220 Å². The molecule has 10 aromatic carbocycles. The molecule has 29 N–H and O–H groups in total. The van der Waals surface area contributed by atoms with E-state index in [2.05, 4.69) is 0 Å². The van der Waals surface area contributed by atoms with Crippen LogP contribution in [0.15, 0.2) is 97.1 Å². The summed E-state index contributed by atoms with van der Waals surface area (Å²) in [5.41, 5.74) is -20.3. The maximum absolute atomic E-state index is 14.9. The second kappa shape index (κ2) is 31.9. The predicted molar refractivity (Wildman–Crippen MR) is 385 cm³/mol. The molecule has 1 aliphatic rings. The van der Waals surface area contributed by atoms with E-state index in [4.69, 9.17) is 33.2 Å². The molecule has 0 saturated carbocycles. The topological polar surface area (TPSA) is 822 Å². The number of esters is 6. The Morgan fingerprint density at radius 1 is 0.230 bits per heavy atom. The molecule has 5 atom stereocenters. The van der Waals surface area contributed by atoms with Gasteiger partial charge in [-0.15, -0.1) is 0 Å². The maximum Gasteiger partial charge on any atom is 0.343 e. The monoisotopic (exact) mass is 1700 g/mol.